The fraction of sp³-hybridized carbons (Fsp3) is 0.263. The van der Waals surface area contributed by atoms with Crippen molar-refractivity contribution in [2.45, 2.75) is 84.3 Å². The van der Waals surface area contributed by atoms with E-state index in [1.54, 1.807) is 11.7 Å². The highest BCUT2D eigenvalue weighted by Gasteiger charge is 2.33. The van der Waals surface area contributed by atoms with Gasteiger partial charge in [0.25, 0.3) is 5.91 Å². The summed E-state index contributed by atoms with van der Waals surface area (Å²) in [4.78, 5) is 77.7. The van der Waals surface area contributed by atoms with Crippen LogP contribution in [0.5, 0.6) is 11.5 Å². The van der Waals surface area contributed by atoms with Crippen LogP contribution in [0.25, 0.3) is 32.2 Å². The lowest BCUT2D eigenvalue weighted by Gasteiger charge is -2.31. The predicted molar refractivity (Wildman–Crippen MR) is 282 cm³/mol. The molecule has 0 bridgehead atoms. The first kappa shape index (κ1) is 48.4. The number of thiazole rings is 1. The van der Waals surface area contributed by atoms with Crippen molar-refractivity contribution in [3.63, 3.8) is 0 Å². The molecule has 5 aromatic carbocycles. The first-order valence-electron chi connectivity index (χ1n) is 24.4. The van der Waals surface area contributed by atoms with Crippen LogP contribution >= 0.6 is 11.3 Å². The highest BCUT2D eigenvalue weighted by molar-refractivity contribution is 7.22. The number of esters is 1. The van der Waals surface area contributed by atoms with E-state index < -0.39 is 17.5 Å². The molecule has 15 nitrogen and oxygen atoms in total. The molecule has 3 aromatic heterocycles. The number of carbonyl (C=O) groups is 5. The summed E-state index contributed by atoms with van der Waals surface area (Å²) in [6, 6.07) is 36.3. The maximum absolute atomic E-state index is 14.2. The van der Waals surface area contributed by atoms with Crippen LogP contribution in [0.1, 0.15) is 101 Å². The van der Waals surface area contributed by atoms with Crippen molar-refractivity contribution in [1.82, 2.24) is 25.1 Å². The lowest BCUT2D eigenvalue weighted by atomic mass is 9.92. The Morgan fingerprint density at radius 3 is 2.44 bits per heavy atom. The number of amides is 4. The number of piperidine rings is 1. The standard InChI is InChI=1S/C57H54N8O7S/c1-33-36(17-13-23-44(33)71-45-22-8-6-14-35(45)16-11-25-48(66)58-43-21-12-19-39-50(63-64(5)52(39)43)40-27-29-49(67)61-54(40)69)37-26-28-47(60-51(37)55(70)72-57(2,3)4)65-31-30-34-15-10-18-38(41(34)32-65)53(68)62-56-59-42-20-7-9-24-46(42)73-56/h6-10,12-15,17-24,26,28,40H,11,16,25,27,29-32H2,1-5H3,(H,58,66)(H,59,62,68)(H,61,67,69). The summed E-state index contributed by atoms with van der Waals surface area (Å²) in [6.07, 6.45) is 2.62. The molecule has 0 aliphatic carbocycles. The zero-order valence-corrected chi connectivity index (χ0v) is 42.0. The molecule has 4 amide bonds. The van der Waals surface area contributed by atoms with Crippen LogP contribution < -0.4 is 25.6 Å². The molecule has 16 heteroatoms. The molecule has 5 heterocycles. The second-order valence-electron chi connectivity index (χ2n) is 19.4. The normalized spacial score (nSPS) is 14.7. The van der Waals surface area contributed by atoms with Crippen LogP contribution in [0, 0.1) is 6.92 Å². The highest BCUT2D eigenvalue weighted by Crippen LogP contribution is 2.38. The summed E-state index contributed by atoms with van der Waals surface area (Å²) in [5.41, 5.74) is 7.64. The number of nitrogens with one attached hydrogen (secondary N) is 3. The lowest BCUT2D eigenvalue weighted by Crippen LogP contribution is -2.39. The molecule has 1 unspecified atom stereocenters. The molecule has 10 rings (SSSR count). The van der Waals surface area contributed by atoms with Gasteiger partial charge < -0.3 is 19.7 Å². The largest absolute Gasteiger partial charge is 0.457 e. The van der Waals surface area contributed by atoms with E-state index >= 15 is 0 Å². The lowest BCUT2D eigenvalue weighted by molar-refractivity contribution is -0.134. The smallest absolute Gasteiger partial charge is 0.358 e. The predicted octanol–water partition coefficient (Wildman–Crippen LogP) is 10.6. The van der Waals surface area contributed by atoms with Crippen molar-refractivity contribution < 1.29 is 33.4 Å². The van der Waals surface area contributed by atoms with Gasteiger partial charge in [-0.05, 0) is 130 Å². The van der Waals surface area contributed by atoms with Crippen molar-refractivity contribution >= 4 is 78.7 Å². The molecule has 370 valence electrons. The second kappa shape index (κ2) is 20.1. The third-order valence-electron chi connectivity index (χ3n) is 13.2. The van der Waals surface area contributed by atoms with Crippen molar-refractivity contribution in [2.24, 2.45) is 7.05 Å². The number of rotatable bonds is 13. The maximum Gasteiger partial charge on any atom is 0.358 e. The Kier molecular flexibility index (Phi) is 13.3. The molecule has 73 heavy (non-hydrogen) atoms. The number of fused-ring (bicyclic) bond motifs is 3. The van der Waals surface area contributed by atoms with Gasteiger partial charge in [-0.25, -0.2) is 14.8 Å². The van der Waals surface area contributed by atoms with Crippen molar-refractivity contribution in [3.8, 4) is 22.6 Å². The Morgan fingerprint density at radius 2 is 1.62 bits per heavy atom. The average Bonchev–Trinajstić information content (AvgIpc) is 3.94. The molecule has 0 spiro atoms. The number of aromatic nitrogens is 4. The summed E-state index contributed by atoms with van der Waals surface area (Å²) in [7, 11) is 1.77. The summed E-state index contributed by atoms with van der Waals surface area (Å²) < 4.78 is 15.3. The molecule has 0 radical (unpaired) electrons. The van der Waals surface area contributed by atoms with E-state index in [0.717, 1.165) is 43.4 Å². The molecule has 1 atom stereocenters. The number of imide groups is 1. The summed E-state index contributed by atoms with van der Waals surface area (Å²) in [5.74, 6) is -0.366. The molecule has 1 fully saturated rings. The third-order valence-corrected chi connectivity index (χ3v) is 14.1. The molecule has 3 N–H and O–H groups in total. The number of hydrogen-bond donors (Lipinski definition) is 3. The van der Waals surface area contributed by atoms with Crippen LogP contribution in [-0.2, 0) is 45.6 Å². The van der Waals surface area contributed by atoms with Gasteiger partial charge in [-0.3, -0.25) is 34.5 Å². The fourth-order valence-electron chi connectivity index (χ4n) is 9.68. The van der Waals surface area contributed by atoms with Crippen molar-refractivity contribution in [2.75, 3.05) is 22.1 Å². The van der Waals surface area contributed by atoms with E-state index in [1.165, 1.54) is 11.3 Å². The van der Waals surface area contributed by atoms with E-state index in [-0.39, 0.29) is 42.2 Å². The number of aryl methyl sites for hydroxylation is 2. The monoisotopic (exact) mass is 994 g/mol. The van der Waals surface area contributed by atoms with Gasteiger partial charge in [0.2, 0.25) is 17.7 Å². The van der Waals surface area contributed by atoms with Crippen LogP contribution in [0.15, 0.2) is 115 Å². The quantitative estimate of drug-likeness (QED) is 0.0737. The van der Waals surface area contributed by atoms with Gasteiger partial charge in [-0.2, -0.15) is 5.10 Å². The summed E-state index contributed by atoms with van der Waals surface area (Å²) in [5, 5.41) is 14.4. The SMILES string of the molecule is Cc1c(Oc2ccccc2CCCC(=O)Nc2cccc3c(C4CCC(=O)NC4=O)nn(C)c23)cccc1-c1ccc(N2CCc3cccc(C(=O)Nc4nc5ccccc5s4)c3C2)nc1C(=O)OC(C)(C)C. The molecule has 1 saturated heterocycles. The Labute approximate surface area is 425 Å². The van der Waals surface area contributed by atoms with E-state index in [4.69, 9.17) is 14.5 Å². The minimum absolute atomic E-state index is 0.161. The number of para-hydroxylation sites is 3. The van der Waals surface area contributed by atoms with E-state index in [0.29, 0.717) is 89.2 Å². The molecule has 2 aliphatic heterocycles. The van der Waals surface area contributed by atoms with Crippen LogP contribution in [-0.4, -0.2) is 61.5 Å². The molecular formula is C57H54N8O7S. The first-order valence-corrected chi connectivity index (χ1v) is 25.2. The van der Waals surface area contributed by atoms with E-state index in [2.05, 4.69) is 37.0 Å². The van der Waals surface area contributed by atoms with Crippen LogP contribution in [0.2, 0.25) is 0 Å². The Morgan fingerprint density at radius 1 is 0.836 bits per heavy atom. The van der Waals surface area contributed by atoms with Gasteiger partial charge in [0.1, 0.15) is 22.9 Å². The number of hydrogen-bond acceptors (Lipinski definition) is 12. The fourth-order valence-corrected chi connectivity index (χ4v) is 10.5. The van der Waals surface area contributed by atoms with Crippen molar-refractivity contribution in [3.05, 3.63) is 154 Å². The number of carbonyl (C=O) groups excluding carboxylic acids is 5. The van der Waals surface area contributed by atoms with Gasteiger partial charge >= 0.3 is 5.97 Å². The van der Waals surface area contributed by atoms with Crippen molar-refractivity contribution in [1.29, 1.82) is 0 Å². The highest BCUT2D eigenvalue weighted by atomic mass is 32.1. The summed E-state index contributed by atoms with van der Waals surface area (Å²) in [6.45, 7) is 8.45. The van der Waals surface area contributed by atoms with Gasteiger partial charge in [-0.15, -0.1) is 0 Å². The topological polar surface area (TPSA) is 187 Å². The second-order valence-corrected chi connectivity index (χ2v) is 20.4. The van der Waals surface area contributed by atoms with Gasteiger partial charge in [0.05, 0.1) is 33.0 Å². The van der Waals surface area contributed by atoms with Crippen LogP contribution in [0.3, 0.4) is 0 Å². The summed E-state index contributed by atoms with van der Waals surface area (Å²) >= 11 is 1.43. The Balaban J connectivity index is 0.849. The average molecular weight is 995 g/mol. The first-order chi connectivity index (χ1) is 35.2. The van der Waals surface area contributed by atoms with Crippen LogP contribution in [0.4, 0.5) is 16.6 Å². The molecule has 8 aromatic rings. The molecule has 2 aliphatic rings. The van der Waals surface area contributed by atoms with Gasteiger partial charge in [-0.1, -0.05) is 78.1 Å². The van der Waals surface area contributed by atoms with Gasteiger partial charge in [0.15, 0.2) is 10.8 Å². The van der Waals surface area contributed by atoms with Gasteiger partial charge in [0, 0.05) is 49.5 Å². The minimum atomic E-state index is -0.789. The number of nitrogens with zero attached hydrogens (tertiary/aromatic N) is 5. The van der Waals surface area contributed by atoms with E-state index in [9.17, 15) is 24.0 Å². The Hall–Kier alpha value is -8.24. The molecular weight excluding hydrogens is 941 g/mol. The molecule has 0 saturated carbocycles. The number of ether oxygens (including phenoxy) is 2. The minimum Gasteiger partial charge on any atom is -0.457 e. The third kappa shape index (κ3) is 10.3. The maximum atomic E-state index is 14.2. The van der Waals surface area contributed by atoms with E-state index in [1.807, 2.05) is 137 Å². The zero-order valence-electron chi connectivity index (χ0n) is 41.2. The number of pyridine rings is 1. The number of anilines is 3. The Bertz CT molecular complexity index is 3470. The zero-order chi connectivity index (χ0) is 51.0. The number of benzene rings is 5.